The topological polar surface area (TPSA) is 46.3 Å². The molecule has 112 valence electrons. The molecular formula is C18H24N2O. The van der Waals surface area contributed by atoms with Gasteiger partial charge in [-0.2, -0.15) is 0 Å². The Balaban J connectivity index is 2.33. The van der Waals surface area contributed by atoms with Gasteiger partial charge in [0.05, 0.1) is 0 Å². The van der Waals surface area contributed by atoms with E-state index in [1.807, 2.05) is 47.4 Å². The van der Waals surface area contributed by atoms with Gasteiger partial charge in [0.2, 0.25) is 0 Å². The summed E-state index contributed by atoms with van der Waals surface area (Å²) in [7, 11) is 0. The molecule has 0 bridgehead atoms. The molecule has 2 aromatic rings. The first-order valence-corrected chi connectivity index (χ1v) is 7.60. The molecule has 0 spiro atoms. The van der Waals surface area contributed by atoms with Crippen molar-refractivity contribution in [3.05, 3.63) is 48.0 Å². The van der Waals surface area contributed by atoms with Crippen molar-refractivity contribution in [3.63, 3.8) is 0 Å². The minimum Gasteiger partial charge on any atom is -0.338 e. The van der Waals surface area contributed by atoms with E-state index in [0.717, 1.165) is 35.8 Å². The van der Waals surface area contributed by atoms with Gasteiger partial charge in [0.15, 0.2) is 0 Å². The molecule has 0 saturated heterocycles. The Labute approximate surface area is 126 Å². The highest BCUT2D eigenvalue weighted by molar-refractivity contribution is 6.07. The molecule has 2 aromatic carbocycles. The Morgan fingerprint density at radius 1 is 1.14 bits per heavy atom. The van der Waals surface area contributed by atoms with Crippen LogP contribution in [0.5, 0.6) is 0 Å². The van der Waals surface area contributed by atoms with Gasteiger partial charge in [-0.25, -0.2) is 0 Å². The standard InChI is InChI=1S/C18H24N2O/c1-14(2)13-20(12-6-11-19)18(21)17-10-5-8-15-7-3-4-9-16(15)17/h3-5,7-10,14H,6,11-13,19H2,1-2H3. The van der Waals surface area contributed by atoms with Crippen molar-refractivity contribution in [2.24, 2.45) is 11.7 Å². The maximum Gasteiger partial charge on any atom is 0.254 e. The molecule has 0 heterocycles. The van der Waals surface area contributed by atoms with Crippen molar-refractivity contribution in [1.82, 2.24) is 4.90 Å². The maximum atomic E-state index is 12.9. The Kier molecular flexibility index (Phi) is 5.34. The lowest BCUT2D eigenvalue weighted by atomic mass is 10.0. The molecule has 1 amide bonds. The Bertz CT molecular complexity index is 602. The molecule has 3 nitrogen and oxygen atoms in total. The summed E-state index contributed by atoms with van der Waals surface area (Å²) < 4.78 is 0. The zero-order valence-electron chi connectivity index (χ0n) is 12.9. The summed E-state index contributed by atoms with van der Waals surface area (Å²) in [6.07, 6.45) is 0.837. The van der Waals surface area contributed by atoms with Gasteiger partial charge in [-0.15, -0.1) is 0 Å². The molecule has 0 radical (unpaired) electrons. The van der Waals surface area contributed by atoms with Gasteiger partial charge in [-0.05, 0) is 35.7 Å². The van der Waals surface area contributed by atoms with E-state index < -0.39 is 0 Å². The number of hydrogen-bond acceptors (Lipinski definition) is 2. The van der Waals surface area contributed by atoms with Crippen molar-refractivity contribution in [1.29, 1.82) is 0 Å². The van der Waals surface area contributed by atoms with E-state index >= 15 is 0 Å². The zero-order chi connectivity index (χ0) is 15.2. The highest BCUT2D eigenvalue weighted by Gasteiger charge is 2.18. The smallest absolute Gasteiger partial charge is 0.254 e. The van der Waals surface area contributed by atoms with E-state index in [4.69, 9.17) is 5.73 Å². The zero-order valence-corrected chi connectivity index (χ0v) is 12.9. The van der Waals surface area contributed by atoms with Crippen molar-refractivity contribution in [2.45, 2.75) is 20.3 Å². The van der Waals surface area contributed by atoms with Crippen LogP contribution in [0, 0.1) is 5.92 Å². The summed E-state index contributed by atoms with van der Waals surface area (Å²) in [5, 5.41) is 2.12. The highest BCUT2D eigenvalue weighted by atomic mass is 16.2. The molecule has 0 atom stereocenters. The van der Waals surface area contributed by atoms with Crippen LogP contribution in [0.25, 0.3) is 10.8 Å². The molecule has 2 N–H and O–H groups in total. The van der Waals surface area contributed by atoms with Gasteiger partial charge in [-0.3, -0.25) is 4.79 Å². The fourth-order valence-corrected chi connectivity index (χ4v) is 2.58. The van der Waals surface area contributed by atoms with E-state index in [0.29, 0.717) is 12.5 Å². The number of carbonyl (C=O) groups is 1. The molecule has 2 rings (SSSR count). The van der Waals surface area contributed by atoms with Crippen LogP contribution in [-0.4, -0.2) is 30.4 Å². The number of hydrogen-bond donors (Lipinski definition) is 1. The second-order valence-corrected chi connectivity index (χ2v) is 5.81. The van der Waals surface area contributed by atoms with Crippen LogP contribution in [-0.2, 0) is 0 Å². The van der Waals surface area contributed by atoms with E-state index in [9.17, 15) is 4.79 Å². The quantitative estimate of drug-likeness (QED) is 0.884. The van der Waals surface area contributed by atoms with Gasteiger partial charge in [0.1, 0.15) is 0 Å². The first-order chi connectivity index (χ1) is 10.1. The molecule has 0 saturated carbocycles. The third-order valence-electron chi connectivity index (χ3n) is 3.52. The number of benzene rings is 2. The van der Waals surface area contributed by atoms with Crippen molar-refractivity contribution in [3.8, 4) is 0 Å². The Morgan fingerprint density at radius 2 is 1.86 bits per heavy atom. The molecular weight excluding hydrogens is 260 g/mol. The summed E-state index contributed by atoms with van der Waals surface area (Å²) in [5.41, 5.74) is 6.38. The highest BCUT2D eigenvalue weighted by Crippen LogP contribution is 2.20. The fourth-order valence-electron chi connectivity index (χ4n) is 2.58. The SMILES string of the molecule is CC(C)CN(CCCN)C(=O)c1cccc2ccccc12. The molecule has 0 aliphatic heterocycles. The van der Waals surface area contributed by atoms with Crippen LogP contribution in [0.3, 0.4) is 0 Å². The molecule has 21 heavy (non-hydrogen) atoms. The van der Waals surface area contributed by atoms with Crippen LogP contribution >= 0.6 is 0 Å². The minimum absolute atomic E-state index is 0.106. The van der Waals surface area contributed by atoms with Crippen molar-refractivity contribution >= 4 is 16.7 Å². The number of amides is 1. The van der Waals surface area contributed by atoms with Crippen molar-refractivity contribution in [2.75, 3.05) is 19.6 Å². The van der Waals surface area contributed by atoms with Crippen molar-refractivity contribution < 1.29 is 4.79 Å². The van der Waals surface area contributed by atoms with Gasteiger partial charge in [0, 0.05) is 18.7 Å². The summed E-state index contributed by atoms with van der Waals surface area (Å²) in [4.78, 5) is 14.8. The first-order valence-electron chi connectivity index (χ1n) is 7.60. The lowest BCUT2D eigenvalue weighted by molar-refractivity contribution is 0.0737. The number of nitrogens with zero attached hydrogens (tertiary/aromatic N) is 1. The third-order valence-corrected chi connectivity index (χ3v) is 3.52. The van der Waals surface area contributed by atoms with Crippen LogP contribution in [0.4, 0.5) is 0 Å². The third kappa shape index (κ3) is 3.82. The molecule has 0 fully saturated rings. The van der Waals surface area contributed by atoms with Crippen LogP contribution in [0.1, 0.15) is 30.6 Å². The molecule has 0 aromatic heterocycles. The second kappa shape index (κ2) is 7.23. The largest absolute Gasteiger partial charge is 0.338 e. The summed E-state index contributed by atoms with van der Waals surface area (Å²) in [6, 6.07) is 13.9. The molecule has 0 aliphatic carbocycles. The fraction of sp³-hybridized carbons (Fsp3) is 0.389. The lowest BCUT2D eigenvalue weighted by Gasteiger charge is -2.25. The average Bonchev–Trinajstić information content (AvgIpc) is 2.50. The first kappa shape index (κ1) is 15.5. The lowest BCUT2D eigenvalue weighted by Crippen LogP contribution is -2.36. The van der Waals surface area contributed by atoms with Crippen LogP contribution < -0.4 is 5.73 Å². The van der Waals surface area contributed by atoms with E-state index in [-0.39, 0.29) is 5.91 Å². The summed E-state index contributed by atoms with van der Waals surface area (Å²) >= 11 is 0. The normalized spacial score (nSPS) is 11.0. The van der Waals surface area contributed by atoms with Gasteiger partial charge < -0.3 is 10.6 Å². The predicted molar refractivity (Wildman–Crippen MR) is 88.4 cm³/mol. The summed E-state index contributed by atoms with van der Waals surface area (Å²) in [5.74, 6) is 0.552. The number of fused-ring (bicyclic) bond motifs is 1. The van der Waals surface area contributed by atoms with Gasteiger partial charge in [-0.1, -0.05) is 50.2 Å². The second-order valence-electron chi connectivity index (χ2n) is 5.81. The number of nitrogens with two attached hydrogens (primary N) is 1. The van der Waals surface area contributed by atoms with E-state index in [1.54, 1.807) is 0 Å². The number of rotatable bonds is 6. The Morgan fingerprint density at radius 3 is 2.57 bits per heavy atom. The predicted octanol–water partition coefficient (Wildman–Crippen LogP) is 3.29. The number of carbonyl (C=O) groups excluding carboxylic acids is 1. The monoisotopic (exact) mass is 284 g/mol. The molecule has 0 unspecified atom stereocenters. The maximum absolute atomic E-state index is 12.9. The van der Waals surface area contributed by atoms with E-state index in [2.05, 4.69) is 13.8 Å². The van der Waals surface area contributed by atoms with Gasteiger partial charge >= 0.3 is 0 Å². The molecule has 3 heteroatoms. The Hall–Kier alpha value is -1.87. The average molecular weight is 284 g/mol. The minimum atomic E-state index is 0.106. The molecule has 0 aliphatic rings. The van der Waals surface area contributed by atoms with E-state index in [1.165, 1.54) is 0 Å². The van der Waals surface area contributed by atoms with Crippen LogP contribution in [0.15, 0.2) is 42.5 Å². The summed E-state index contributed by atoms with van der Waals surface area (Å²) in [6.45, 7) is 6.36. The van der Waals surface area contributed by atoms with Gasteiger partial charge in [0.25, 0.3) is 5.91 Å². The van der Waals surface area contributed by atoms with Crippen LogP contribution in [0.2, 0.25) is 0 Å².